The number of aromatic nitrogens is 2. The van der Waals surface area contributed by atoms with Gasteiger partial charge in [-0.15, -0.1) is 0 Å². The number of fused-ring (bicyclic) bond motifs is 1. The second-order valence-corrected chi connectivity index (χ2v) is 4.96. The third kappa shape index (κ3) is 2.20. The van der Waals surface area contributed by atoms with Crippen molar-refractivity contribution in [2.75, 3.05) is 24.1 Å². The SMILES string of the molecule is Nc1nc2c(c(NCC3CCC3)n1)CNCC2. The summed E-state index contributed by atoms with van der Waals surface area (Å²) in [6.45, 7) is 2.84. The predicted octanol–water partition coefficient (Wildman–Crippen LogP) is 0.916. The molecule has 0 atom stereocenters. The summed E-state index contributed by atoms with van der Waals surface area (Å²) in [6, 6.07) is 0. The molecule has 0 radical (unpaired) electrons. The molecule has 3 rings (SSSR count). The van der Waals surface area contributed by atoms with Gasteiger partial charge in [0.2, 0.25) is 5.95 Å². The summed E-state index contributed by atoms with van der Waals surface area (Å²) in [7, 11) is 0. The monoisotopic (exact) mass is 233 g/mol. The number of nitrogens with zero attached hydrogens (tertiary/aromatic N) is 2. The summed E-state index contributed by atoms with van der Waals surface area (Å²) >= 11 is 0. The molecular weight excluding hydrogens is 214 g/mol. The van der Waals surface area contributed by atoms with Gasteiger partial charge in [0.25, 0.3) is 0 Å². The molecule has 1 aliphatic heterocycles. The Balaban J connectivity index is 1.78. The van der Waals surface area contributed by atoms with Gasteiger partial charge in [0.05, 0.1) is 5.69 Å². The molecule has 1 fully saturated rings. The van der Waals surface area contributed by atoms with Crippen molar-refractivity contribution in [3.63, 3.8) is 0 Å². The maximum atomic E-state index is 5.75. The molecule has 0 spiro atoms. The van der Waals surface area contributed by atoms with Gasteiger partial charge in [-0.25, -0.2) is 4.98 Å². The van der Waals surface area contributed by atoms with Crippen molar-refractivity contribution in [1.82, 2.24) is 15.3 Å². The molecule has 1 aromatic heterocycles. The van der Waals surface area contributed by atoms with Crippen molar-refractivity contribution >= 4 is 11.8 Å². The van der Waals surface area contributed by atoms with Crippen LogP contribution < -0.4 is 16.4 Å². The van der Waals surface area contributed by atoms with E-state index in [2.05, 4.69) is 20.6 Å². The lowest BCUT2D eigenvalue weighted by atomic mass is 9.85. The quantitative estimate of drug-likeness (QED) is 0.723. The van der Waals surface area contributed by atoms with Crippen LogP contribution in [-0.2, 0) is 13.0 Å². The van der Waals surface area contributed by atoms with E-state index in [9.17, 15) is 0 Å². The zero-order chi connectivity index (χ0) is 11.7. The molecule has 0 saturated heterocycles. The van der Waals surface area contributed by atoms with Gasteiger partial charge in [0.15, 0.2) is 0 Å². The Hall–Kier alpha value is -1.36. The normalized spacial score (nSPS) is 19.5. The second kappa shape index (κ2) is 4.49. The van der Waals surface area contributed by atoms with E-state index in [1.807, 2.05) is 0 Å². The number of nitrogen functional groups attached to an aromatic ring is 1. The molecule has 4 N–H and O–H groups in total. The first kappa shape index (κ1) is 10.8. The molecule has 0 amide bonds. The van der Waals surface area contributed by atoms with E-state index < -0.39 is 0 Å². The zero-order valence-electron chi connectivity index (χ0n) is 10.00. The molecule has 5 heteroatoms. The molecular formula is C12H19N5. The fourth-order valence-corrected chi connectivity index (χ4v) is 2.45. The van der Waals surface area contributed by atoms with E-state index in [0.29, 0.717) is 5.95 Å². The molecule has 0 bridgehead atoms. The Morgan fingerprint density at radius 2 is 2.24 bits per heavy atom. The molecule has 0 unspecified atom stereocenters. The van der Waals surface area contributed by atoms with Crippen molar-refractivity contribution in [3.8, 4) is 0 Å². The van der Waals surface area contributed by atoms with E-state index >= 15 is 0 Å². The van der Waals surface area contributed by atoms with Gasteiger partial charge in [0.1, 0.15) is 5.82 Å². The van der Waals surface area contributed by atoms with Gasteiger partial charge in [-0.2, -0.15) is 4.98 Å². The van der Waals surface area contributed by atoms with E-state index in [4.69, 9.17) is 5.73 Å². The van der Waals surface area contributed by atoms with Crippen LogP contribution in [0.1, 0.15) is 30.5 Å². The molecule has 1 aliphatic carbocycles. The van der Waals surface area contributed by atoms with Gasteiger partial charge in [-0.3, -0.25) is 0 Å². The highest BCUT2D eigenvalue weighted by molar-refractivity contribution is 5.50. The van der Waals surface area contributed by atoms with Crippen molar-refractivity contribution in [2.45, 2.75) is 32.2 Å². The smallest absolute Gasteiger partial charge is 0.222 e. The summed E-state index contributed by atoms with van der Waals surface area (Å²) in [4.78, 5) is 8.65. The minimum absolute atomic E-state index is 0.391. The Labute approximate surface area is 101 Å². The fraction of sp³-hybridized carbons (Fsp3) is 0.667. The third-order valence-electron chi connectivity index (χ3n) is 3.73. The molecule has 0 aromatic carbocycles. The van der Waals surface area contributed by atoms with Gasteiger partial charge in [-0.05, 0) is 18.8 Å². The van der Waals surface area contributed by atoms with E-state index in [1.54, 1.807) is 0 Å². The van der Waals surface area contributed by atoms with Gasteiger partial charge >= 0.3 is 0 Å². The second-order valence-electron chi connectivity index (χ2n) is 4.96. The molecule has 92 valence electrons. The topological polar surface area (TPSA) is 75.9 Å². The number of anilines is 2. The van der Waals surface area contributed by atoms with Crippen molar-refractivity contribution in [1.29, 1.82) is 0 Å². The molecule has 1 aromatic rings. The number of hydrogen-bond acceptors (Lipinski definition) is 5. The average molecular weight is 233 g/mol. The van der Waals surface area contributed by atoms with E-state index in [1.165, 1.54) is 24.8 Å². The Bertz CT molecular complexity index is 414. The Kier molecular flexibility index (Phi) is 2.84. The van der Waals surface area contributed by atoms with Crippen LogP contribution in [-0.4, -0.2) is 23.1 Å². The number of nitrogens with two attached hydrogens (primary N) is 1. The minimum atomic E-state index is 0.391. The molecule has 5 nitrogen and oxygen atoms in total. The van der Waals surface area contributed by atoms with E-state index in [0.717, 1.165) is 43.5 Å². The summed E-state index contributed by atoms with van der Waals surface area (Å²) in [5.74, 6) is 2.15. The first-order valence-electron chi connectivity index (χ1n) is 6.43. The molecule has 1 saturated carbocycles. The van der Waals surface area contributed by atoms with Crippen LogP contribution in [0.15, 0.2) is 0 Å². The Morgan fingerprint density at radius 1 is 1.35 bits per heavy atom. The number of hydrogen-bond donors (Lipinski definition) is 3. The van der Waals surface area contributed by atoms with Gasteiger partial charge in [0, 0.05) is 31.6 Å². The van der Waals surface area contributed by atoms with Crippen molar-refractivity contribution in [3.05, 3.63) is 11.3 Å². The lowest BCUT2D eigenvalue weighted by Gasteiger charge is -2.27. The molecule has 2 aliphatic rings. The first-order valence-corrected chi connectivity index (χ1v) is 6.43. The lowest BCUT2D eigenvalue weighted by Crippen LogP contribution is -2.28. The maximum absolute atomic E-state index is 5.75. The number of nitrogens with one attached hydrogen (secondary N) is 2. The van der Waals surface area contributed by atoms with Crippen LogP contribution in [0.5, 0.6) is 0 Å². The largest absolute Gasteiger partial charge is 0.369 e. The summed E-state index contributed by atoms with van der Waals surface area (Å²) in [5, 5.41) is 6.80. The molecule has 17 heavy (non-hydrogen) atoms. The van der Waals surface area contributed by atoms with Crippen LogP contribution >= 0.6 is 0 Å². The highest BCUT2D eigenvalue weighted by Gasteiger charge is 2.20. The number of rotatable bonds is 3. The van der Waals surface area contributed by atoms with Crippen molar-refractivity contribution in [2.24, 2.45) is 5.92 Å². The summed E-state index contributed by atoms with van der Waals surface area (Å²) in [6.07, 6.45) is 5.00. The average Bonchev–Trinajstić information content (AvgIpc) is 2.26. The van der Waals surface area contributed by atoms with Crippen LogP contribution in [0, 0.1) is 5.92 Å². The van der Waals surface area contributed by atoms with Crippen LogP contribution in [0.2, 0.25) is 0 Å². The van der Waals surface area contributed by atoms with E-state index in [-0.39, 0.29) is 0 Å². The fourth-order valence-electron chi connectivity index (χ4n) is 2.45. The highest BCUT2D eigenvalue weighted by atomic mass is 15.1. The molecule has 2 heterocycles. The first-order chi connectivity index (χ1) is 8.33. The maximum Gasteiger partial charge on any atom is 0.222 e. The van der Waals surface area contributed by atoms with Gasteiger partial charge in [-0.1, -0.05) is 6.42 Å². The van der Waals surface area contributed by atoms with Crippen LogP contribution in [0.3, 0.4) is 0 Å². The zero-order valence-corrected chi connectivity index (χ0v) is 10.00. The Morgan fingerprint density at radius 3 is 3.00 bits per heavy atom. The van der Waals surface area contributed by atoms with Gasteiger partial charge < -0.3 is 16.4 Å². The summed E-state index contributed by atoms with van der Waals surface area (Å²) < 4.78 is 0. The van der Waals surface area contributed by atoms with Crippen LogP contribution in [0.25, 0.3) is 0 Å². The minimum Gasteiger partial charge on any atom is -0.369 e. The standard InChI is InChI=1S/C12H19N5/c13-12-16-10-4-5-14-7-9(10)11(17-12)15-6-8-2-1-3-8/h8,14H,1-7H2,(H3,13,15,16,17). The highest BCUT2D eigenvalue weighted by Crippen LogP contribution is 2.27. The summed E-state index contributed by atoms with van der Waals surface area (Å²) in [5.41, 5.74) is 8.06. The van der Waals surface area contributed by atoms with Crippen molar-refractivity contribution < 1.29 is 0 Å². The predicted molar refractivity (Wildman–Crippen MR) is 67.7 cm³/mol. The van der Waals surface area contributed by atoms with Crippen LogP contribution in [0.4, 0.5) is 11.8 Å². The lowest BCUT2D eigenvalue weighted by molar-refractivity contribution is 0.333. The third-order valence-corrected chi connectivity index (χ3v) is 3.73.